The molecule has 0 aliphatic rings. The molecule has 0 aliphatic carbocycles. The van der Waals surface area contributed by atoms with E-state index in [1.54, 1.807) is 12.4 Å². The van der Waals surface area contributed by atoms with Gasteiger partial charge in [0.2, 0.25) is 0 Å². The van der Waals surface area contributed by atoms with E-state index in [0.717, 1.165) is 25.3 Å². The summed E-state index contributed by atoms with van der Waals surface area (Å²) in [7, 11) is 0. The second kappa shape index (κ2) is 6.37. The van der Waals surface area contributed by atoms with E-state index < -0.39 is 0 Å². The summed E-state index contributed by atoms with van der Waals surface area (Å²) >= 11 is 4.83. The van der Waals surface area contributed by atoms with Crippen LogP contribution in [0.5, 0.6) is 0 Å². The van der Waals surface area contributed by atoms with Gasteiger partial charge in [-0.15, -0.1) is 0 Å². The van der Waals surface area contributed by atoms with Crippen molar-refractivity contribution in [1.82, 2.24) is 9.97 Å². The van der Waals surface area contributed by atoms with Crippen molar-refractivity contribution in [2.45, 2.75) is 26.7 Å². The summed E-state index contributed by atoms with van der Waals surface area (Å²) in [5.41, 5.74) is 6.04. The molecule has 0 atom stereocenters. The molecule has 2 N–H and O–H groups in total. The maximum absolute atomic E-state index is 5.47. The molecule has 16 heavy (non-hydrogen) atoms. The number of hydrogen-bond donors (Lipinski definition) is 1. The highest BCUT2D eigenvalue weighted by Gasteiger charge is 2.06. The summed E-state index contributed by atoms with van der Waals surface area (Å²) in [4.78, 5) is 11.0. The Bertz CT molecular complexity index is 336. The molecule has 5 heteroatoms. The van der Waals surface area contributed by atoms with Crippen LogP contribution in [0.25, 0.3) is 0 Å². The molecule has 0 spiro atoms. The number of anilines is 1. The number of nitrogens with zero attached hydrogens (tertiary/aromatic N) is 3. The predicted octanol–water partition coefficient (Wildman–Crippen LogP) is 1.74. The zero-order chi connectivity index (χ0) is 12.0. The molecule has 1 aromatic heterocycles. The summed E-state index contributed by atoms with van der Waals surface area (Å²) in [6, 6.07) is 0. The molecule has 1 aromatic rings. The van der Waals surface area contributed by atoms with Crippen LogP contribution in [-0.4, -0.2) is 28.0 Å². The Labute approximate surface area is 102 Å². The van der Waals surface area contributed by atoms with E-state index in [9.17, 15) is 0 Å². The lowest BCUT2D eigenvalue weighted by Gasteiger charge is -2.21. The van der Waals surface area contributed by atoms with Crippen LogP contribution in [-0.2, 0) is 0 Å². The van der Waals surface area contributed by atoms with E-state index in [0.29, 0.717) is 5.69 Å². The average molecular weight is 238 g/mol. The van der Waals surface area contributed by atoms with Crippen molar-refractivity contribution in [2.24, 2.45) is 5.73 Å². The molecule has 0 aromatic carbocycles. The summed E-state index contributed by atoms with van der Waals surface area (Å²) in [6.07, 6.45) is 5.70. The molecular weight excluding hydrogens is 220 g/mol. The van der Waals surface area contributed by atoms with Crippen molar-refractivity contribution in [3.8, 4) is 0 Å². The molecule has 1 heterocycles. The van der Waals surface area contributed by atoms with Gasteiger partial charge in [-0.1, -0.05) is 25.6 Å². The molecule has 0 fully saturated rings. The largest absolute Gasteiger partial charge is 0.388 e. The molecule has 1 rings (SSSR count). The second-order valence-electron chi connectivity index (χ2n) is 3.56. The Hall–Kier alpha value is -1.23. The number of unbranched alkanes of at least 4 members (excludes halogenated alkanes) is 1. The minimum atomic E-state index is 0.288. The van der Waals surface area contributed by atoms with E-state index in [1.165, 1.54) is 6.42 Å². The van der Waals surface area contributed by atoms with Gasteiger partial charge in [-0.25, -0.2) is 9.97 Å². The standard InChI is InChI=1S/C11H18N4S/c1-3-5-6-15(4-2)10-8-13-9(7-14-10)11(12)16/h7-8H,3-6H2,1-2H3,(H2,12,16). The second-order valence-corrected chi connectivity index (χ2v) is 4.00. The van der Waals surface area contributed by atoms with Crippen LogP contribution in [0.2, 0.25) is 0 Å². The Morgan fingerprint density at radius 3 is 2.56 bits per heavy atom. The Morgan fingerprint density at radius 2 is 2.12 bits per heavy atom. The minimum Gasteiger partial charge on any atom is -0.388 e. The van der Waals surface area contributed by atoms with Gasteiger partial charge >= 0.3 is 0 Å². The summed E-state index contributed by atoms with van der Waals surface area (Å²) in [5.74, 6) is 0.885. The van der Waals surface area contributed by atoms with Gasteiger partial charge < -0.3 is 10.6 Å². The monoisotopic (exact) mass is 238 g/mol. The zero-order valence-electron chi connectivity index (χ0n) is 9.81. The summed E-state index contributed by atoms with van der Waals surface area (Å²) < 4.78 is 0. The number of hydrogen-bond acceptors (Lipinski definition) is 4. The number of rotatable bonds is 6. The molecule has 0 saturated heterocycles. The number of aromatic nitrogens is 2. The highest BCUT2D eigenvalue weighted by atomic mass is 32.1. The van der Waals surface area contributed by atoms with Gasteiger partial charge in [0, 0.05) is 13.1 Å². The van der Waals surface area contributed by atoms with Crippen LogP contribution in [0.1, 0.15) is 32.4 Å². The minimum absolute atomic E-state index is 0.288. The molecule has 0 amide bonds. The van der Waals surface area contributed by atoms with Crippen molar-refractivity contribution in [3.05, 3.63) is 18.1 Å². The van der Waals surface area contributed by atoms with E-state index in [1.807, 2.05) is 0 Å². The van der Waals surface area contributed by atoms with Crippen molar-refractivity contribution in [1.29, 1.82) is 0 Å². The van der Waals surface area contributed by atoms with Gasteiger partial charge in [-0.05, 0) is 13.3 Å². The maximum Gasteiger partial charge on any atom is 0.147 e. The van der Waals surface area contributed by atoms with Gasteiger partial charge in [0.25, 0.3) is 0 Å². The fourth-order valence-corrected chi connectivity index (χ4v) is 1.50. The Morgan fingerprint density at radius 1 is 1.38 bits per heavy atom. The van der Waals surface area contributed by atoms with Gasteiger partial charge in [0.15, 0.2) is 0 Å². The third-order valence-corrected chi connectivity index (χ3v) is 2.59. The van der Waals surface area contributed by atoms with Crippen LogP contribution >= 0.6 is 12.2 Å². The third kappa shape index (κ3) is 3.41. The first-order chi connectivity index (χ1) is 7.69. The lowest BCUT2D eigenvalue weighted by atomic mass is 10.3. The molecule has 0 aliphatic heterocycles. The smallest absolute Gasteiger partial charge is 0.147 e. The van der Waals surface area contributed by atoms with E-state index in [-0.39, 0.29) is 4.99 Å². The van der Waals surface area contributed by atoms with E-state index in [4.69, 9.17) is 18.0 Å². The Kier molecular flexibility index (Phi) is 5.11. The van der Waals surface area contributed by atoms with Crippen LogP contribution in [0.15, 0.2) is 12.4 Å². The normalized spacial score (nSPS) is 10.1. The fourth-order valence-electron chi connectivity index (χ4n) is 1.40. The SMILES string of the molecule is CCCCN(CC)c1cnc(C(N)=S)cn1. The first-order valence-corrected chi connectivity index (χ1v) is 5.96. The fraction of sp³-hybridized carbons (Fsp3) is 0.545. The molecule has 0 unspecified atom stereocenters. The predicted molar refractivity (Wildman–Crippen MR) is 70.7 cm³/mol. The van der Waals surface area contributed by atoms with Gasteiger partial charge in [0.1, 0.15) is 16.5 Å². The highest BCUT2D eigenvalue weighted by Crippen LogP contribution is 2.09. The molecular formula is C11H18N4S. The van der Waals surface area contributed by atoms with Crippen LogP contribution in [0.3, 0.4) is 0 Å². The molecule has 88 valence electrons. The van der Waals surface area contributed by atoms with Crippen LogP contribution in [0.4, 0.5) is 5.82 Å². The van der Waals surface area contributed by atoms with Gasteiger partial charge in [-0.2, -0.15) is 0 Å². The topological polar surface area (TPSA) is 55.0 Å². The quantitative estimate of drug-likeness (QED) is 0.765. The zero-order valence-corrected chi connectivity index (χ0v) is 10.6. The van der Waals surface area contributed by atoms with Crippen molar-refractivity contribution < 1.29 is 0 Å². The summed E-state index contributed by atoms with van der Waals surface area (Å²) in [5, 5.41) is 0. The first-order valence-electron chi connectivity index (χ1n) is 5.55. The van der Waals surface area contributed by atoms with E-state index in [2.05, 4.69) is 28.7 Å². The molecule has 0 bridgehead atoms. The number of thiocarbonyl (C=S) groups is 1. The number of nitrogens with two attached hydrogens (primary N) is 1. The van der Waals surface area contributed by atoms with Crippen molar-refractivity contribution >= 4 is 23.0 Å². The van der Waals surface area contributed by atoms with Crippen molar-refractivity contribution in [3.63, 3.8) is 0 Å². The van der Waals surface area contributed by atoms with Crippen LogP contribution in [0, 0.1) is 0 Å². The highest BCUT2D eigenvalue weighted by molar-refractivity contribution is 7.80. The third-order valence-electron chi connectivity index (χ3n) is 2.38. The lowest BCUT2D eigenvalue weighted by Crippen LogP contribution is -2.25. The molecule has 0 saturated carbocycles. The maximum atomic E-state index is 5.47. The average Bonchev–Trinajstić information content (AvgIpc) is 2.30. The molecule has 0 radical (unpaired) electrons. The summed E-state index contributed by atoms with van der Waals surface area (Å²) in [6.45, 7) is 6.23. The van der Waals surface area contributed by atoms with Crippen LogP contribution < -0.4 is 10.6 Å². The van der Waals surface area contributed by atoms with Gasteiger partial charge in [0.05, 0.1) is 12.4 Å². The van der Waals surface area contributed by atoms with Crippen molar-refractivity contribution in [2.75, 3.05) is 18.0 Å². The Balaban J connectivity index is 2.74. The molecule has 4 nitrogen and oxygen atoms in total. The first kappa shape index (κ1) is 12.8. The van der Waals surface area contributed by atoms with Gasteiger partial charge in [-0.3, -0.25) is 0 Å². The van der Waals surface area contributed by atoms with E-state index >= 15 is 0 Å². The lowest BCUT2D eigenvalue weighted by molar-refractivity contribution is 0.722.